The van der Waals surface area contributed by atoms with Crippen LogP contribution in [-0.2, 0) is 26.1 Å². The van der Waals surface area contributed by atoms with Crippen LogP contribution in [0.2, 0.25) is 0 Å². The van der Waals surface area contributed by atoms with Crippen LogP contribution >= 0.6 is 0 Å². The molecule has 0 radical (unpaired) electrons. The summed E-state index contributed by atoms with van der Waals surface area (Å²) in [5.74, 6) is -0.405. The van der Waals surface area contributed by atoms with Crippen LogP contribution in [0.5, 0.6) is 0 Å². The summed E-state index contributed by atoms with van der Waals surface area (Å²) >= 11 is 0. The minimum absolute atomic E-state index is 0.0462. The Balaban J connectivity index is 1.88. The van der Waals surface area contributed by atoms with Gasteiger partial charge >= 0.3 is 0 Å². The molecule has 1 heterocycles. The van der Waals surface area contributed by atoms with Crippen molar-refractivity contribution in [2.24, 2.45) is 0 Å². The molecule has 2 aromatic carbocycles. The molecule has 8 heteroatoms. The summed E-state index contributed by atoms with van der Waals surface area (Å²) in [4.78, 5) is 26.3. The van der Waals surface area contributed by atoms with Gasteiger partial charge in [0.05, 0.1) is 23.6 Å². The summed E-state index contributed by atoms with van der Waals surface area (Å²) in [6.45, 7) is 5.86. The Hall–Kier alpha value is -2.55. The van der Waals surface area contributed by atoms with Gasteiger partial charge in [0.2, 0.25) is 15.9 Å². The molecule has 0 spiro atoms. The summed E-state index contributed by atoms with van der Waals surface area (Å²) in [5.41, 5.74) is 1.21. The molecule has 7 nitrogen and oxygen atoms in total. The molecule has 2 unspecified atom stereocenters. The molecule has 3 rings (SSSR count). The highest BCUT2D eigenvalue weighted by molar-refractivity contribution is 7.89. The minimum Gasteiger partial charge on any atom is -0.372 e. The lowest BCUT2D eigenvalue weighted by molar-refractivity contribution is -0.143. The zero-order chi connectivity index (χ0) is 22.6. The van der Waals surface area contributed by atoms with Crippen molar-refractivity contribution in [3.8, 4) is 0 Å². The number of carbonyl (C=O) groups excluding carboxylic acids is 2. The molecule has 0 N–H and O–H groups in total. The molecule has 1 aliphatic rings. The molecule has 0 saturated carbocycles. The van der Waals surface area contributed by atoms with Crippen LogP contribution in [0.4, 0.5) is 0 Å². The van der Waals surface area contributed by atoms with Crippen molar-refractivity contribution >= 4 is 21.7 Å². The molecule has 0 bridgehead atoms. The second-order valence-corrected chi connectivity index (χ2v) is 9.83. The van der Waals surface area contributed by atoms with E-state index >= 15 is 0 Å². The number of nitrogens with zero attached hydrogens (tertiary/aromatic N) is 2. The lowest BCUT2D eigenvalue weighted by Gasteiger charge is -2.36. The molecule has 0 aromatic heterocycles. The highest BCUT2D eigenvalue weighted by atomic mass is 32.2. The van der Waals surface area contributed by atoms with Gasteiger partial charge in [-0.05, 0) is 38.5 Å². The monoisotopic (exact) mass is 444 g/mol. The van der Waals surface area contributed by atoms with Crippen molar-refractivity contribution in [3.63, 3.8) is 0 Å². The van der Waals surface area contributed by atoms with Crippen LogP contribution in [0.3, 0.4) is 0 Å². The summed E-state index contributed by atoms with van der Waals surface area (Å²) in [5, 5.41) is 0. The standard InChI is InChI=1S/C23H28N2O5S/c1-17-13-24(14-18(2)30-17)23(27)16-25(15-20-7-5-4-6-8-20)31(28,29)22-11-9-21(10-12-22)19(3)26/h4-12,17-18H,13-16H2,1-3H3. The van der Waals surface area contributed by atoms with Gasteiger partial charge in [0.1, 0.15) is 0 Å². The number of carbonyl (C=O) groups is 2. The van der Waals surface area contributed by atoms with Crippen LogP contribution in [0.15, 0.2) is 59.5 Å². The number of morpholine rings is 1. The predicted octanol–water partition coefficient (Wildman–Crippen LogP) is 2.72. The van der Waals surface area contributed by atoms with E-state index in [4.69, 9.17) is 4.74 Å². The van der Waals surface area contributed by atoms with Gasteiger partial charge in [0.15, 0.2) is 5.78 Å². The highest BCUT2D eigenvalue weighted by Gasteiger charge is 2.31. The fourth-order valence-corrected chi connectivity index (χ4v) is 5.03. The van der Waals surface area contributed by atoms with Crippen molar-refractivity contribution < 1.29 is 22.7 Å². The second kappa shape index (κ2) is 9.72. The summed E-state index contributed by atoms with van der Waals surface area (Å²) in [6, 6.07) is 15.0. The van der Waals surface area contributed by atoms with Crippen LogP contribution < -0.4 is 0 Å². The Kier molecular flexibility index (Phi) is 7.25. The number of sulfonamides is 1. The second-order valence-electron chi connectivity index (χ2n) is 7.90. The Morgan fingerprint density at radius 3 is 2.13 bits per heavy atom. The molecule has 1 aliphatic heterocycles. The first-order chi connectivity index (χ1) is 14.7. The normalized spacial score (nSPS) is 19.4. The zero-order valence-corrected chi connectivity index (χ0v) is 18.8. The van der Waals surface area contributed by atoms with Gasteiger partial charge in [0, 0.05) is 25.2 Å². The smallest absolute Gasteiger partial charge is 0.243 e. The fraction of sp³-hybridized carbons (Fsp3) is 0.391. The van der Waals surface area contributed by atoms with Crippen molar-refractivity contribution in [3.05, 3.63) is 65.7 Å². The van der Waals surface area contributed by atoms with Crippen molar-refractivity contribution in [2.45, 2.75) is 44.4 Å². The summed E-state index contributed by atoms with van der Waals surface area (Å²) < 4.78 is 33.7. The summed E-state index contributed by atoms with van der Waals surface area (Å²) in [7, 11) is -3.96. The number of ketones is 1. The van der Waals surface area contributed by atoms with E-state index in [0.717, 1.165) is 5.56 Å². The Labute approximate surface area is 183 Å². The molecule has 2 atom stereocenters. The van der Waals surface area contributed by atoms with E-state index in [2.05, 4.69) is 0 Å². The van der Waals surface area contributed by atoms with E-state index in [1.807, 2.05) is 44.2 Å². The number of amides is 1. The third-order valence-electron chi connectivity index (χ3n) is 5.18. The van der Waals surface area contributed by atoms with Gasteiger partial charge in [-0.15, -0.1) is 0 Å². The molecule has 1 amide bonds. The van der Waals surface area contributed by atoms with E-state index in [9.17, 15) is 18.0 Å². The van der Waals surface area contributed by atoms with Crippen molar-refractivity contribution in [1.82, 2.24) is 9.21 Å². The molecular weight excluding hydrogens is 416 g/mol. The highest BCUT2D eigenvalue weighted by Crippen LogP contribution is 2.20. The average Bonchev–Trinajstić information content (AvgIpc) is 2.73. The topological polar surface area (TPSA) is 84.0 Å². The minimum atomic E-state index is -3.96. The molecule has 1 fully saturated rings. The van der Waals surface area contributed by atoms with E-state index in [1.165, 1.54) is 35.5 Å². The number of rotatable bonds is 7. The third kappa shape index (κ3) is 5.78. The largest absolute Gasteiger partial charge is 0.372 e. The molecule has 0 aliphatic carbocycles. The van der Waals surface area contributed by atoms with Crippen LogP contribution in [-0.4, -0.2) is 61.2 Å². The van der Waals surface area contributed by atoms with Crippen LogP contribution in [0, 0.1) is 0 Å². The number of ether oxygens (including phenoxy) is 1. The quantitative estimate of drug-likeness (QED) is 0.613. The van der Waals surface area contributed by atoms with E-state index in [0.29, 0.717) is 18.7 Å². The van der Waals surface area contributed by atoms with E-state index in [1.54, 1.807) is 4.90 Å². The van der Waals surface area contributed by atoms with Crippen molar-refractivity contribution in [1.29, 1.82) is 0 Å². The van der Waals surface area contributed by atoms with Gasteiger partial charge in [-0.2, -0.15) is 4.31 Å². The zero-order valence-electron chi connectivity index (χ0n) is 18.0. The van der Waals surface area contributed by atoms with E-state index in [-0.39, 0.29) is 41.9 Å². The number of benzene rings is 2. The van der Waals surface area contributed by atoms with E-state index < -0.39 is 10.0 Å². The Morgan fingerprint density at radius 1 is 1.00 bits per heavy atom. The molecule has 166 valence electrons. The lowest BCUT2D eigenvalue weighted by atomic mass is 10.2. The first kappa shape index (κ1) is 23.1. The van der Waals surface area contributed by atoms with Gasteiger partial charge in [-0.1, -0.05) is 42.5 Å². The third-order valence-corrected chi connectivity index (χ3v) is 6.99. The first-order valence-corrected chi connectivity index (χ1v) is 11.7. The number of Topliss-reactive ketones (excluding diaryl/α,β-unsaturated/α-hetero) is 1. The summed E-state index contributed by atoms with van der Waals surface area (Å²) in [6.07, 6.45) is -0.211. The number of hydrogen-bond donors (Lipinski definition) is 0. The SMILES string of the molecule is CC(=O)c1ccc(S(=O)(=O)N(CC(=O)N2CC(C)OC(C)C2)Cc2ccccc2)cc1. The van der Waals surface area contributed by atoms with Gasteiger partial charge < -0.3 is 9.64 Å². The molecule has 2 aromatic rings. The molecular formula is C23H28N2O5S. The maximum absolute atomic E-state index is 13.4. The molecule has 1 saturated heterocycles. The van der Waals surface area contributed by atoms with Crippen molar-refractivity contribution in [2.75, 3.05) is 19.6 Å². The van der Waals surface area contributed by atoms with Crippen LogP contribution in [0.25, 0.3) is 0 Å². The van der Waals surface area contributed by atoms with Gasteiger partial charge in [-0.25, -0.2) is 8.42 Å². The lowest BCUT2D eigenvalue weighted by Crippen LogP contribution is -2.51. The Morgan fingerprint density at radius 2 is 1.58 bits per heavy atom. The van der Waals surface area contributed by atoms with Gasteiger partial charge in [0.25, 0.3) is 0 Å². The Bertz CT molecular complexity index is 1010. The van der Waals surface area contributed by atoms with Crippen LogP contribution in [0.1, 0.15) is 36.7 Å². The fourth-order valence-electron chi connectivity index (χ4n) is 3.66. The number of hydrogen-bond acceptors (Lipinski definition) is 5. The first-order valence-electron chi connectivity index (χ1n) is 10.2. The van der Waals surface area contributed by atoms with Gasteiger partial charge in [-0.3, -0.25) is 9.59 Å². The maximum Gasteiger partial charge on any atom is 0.243 e. The maximum atomic E-state index is 13.4. The molecule has 31 heavy (non-hydrogen) atoms. The average molecular weight is 445 g/mol. The predicted molar refractivity (Wildman–Crippen MR) is 117 cm³/mol.